The summed E-state index contributed by atoms with van der Waals surface area (Å²) in [5.74, 6) is 3.19. The Balaban J connectivity index is 1.90. The Labute approximate surface area is 103 Å². The fourth-order valence-corrected chi connectivity index (χ4v) is 3.16. The van der Waals surface area contributed by atoms with Crippen LogP contribution in [0.3, 0.4) is 0 Å². The SMILES string of the molecule is CC1CCc2nnc(C3CCCCN3C)n2C1. The molecule has 1 saturated heterocycles. The van der Waals surface area contributed by atoms with Crippen molar-refractivity contribution in [1.29, 1.82) is 0 Å². The number of piperidine rings is 1. The molecular weight excluding hydrogens is 212 g/mol. The van der Waals surface area contributed by atoms with Gasteiger partial charge in [0.1, 0.15) is 11.6 Å². The Morgan fingerprint density at radius 1 is 1.18 bits per heavy atom. The summed E-state index contributed by atoms with van der Waals surface area (Å²) in [5.41, 5.74) is 0. The maximum absolute atomic E-state index is 4.48. The molecule has 0 amide bonds. The minimum atomic E-state index is 0.496. The van der Waals surface area contributed by atoms with Crippen molar-refractivity contribution in [2.24, 2.45) is 5.92 Å². The highest BCUT2D eigenvalue weighted by atomic mass is 15.3. The van der Waals surface area contributed by atoms with E-state index in [1.807, 2.05) is 0 Å². The number of aryl methyl sites for hydroxylation is 1. The molecule has 1 aromatic heterocycles. The van der Waals surface area contributed by atoms with Crippen LogP contribution in [-0.4, -0.2) is 33.3 Å². The van der Waals surface area contributed by atoms with Crippen LogP contribution >= 0.6 is 0 Å². The Kier molecular flexibility index (Phi) is 2.90. The van der Waals surface area contributed by atoms with Gasteiger partial charge in [-0.2, -0.15) is 0 Å². The molecule has 0 radical (unpaired) electrons. The van der Waals surface area contributed by atoms with E-state index in [9.17, 15) is 0 Å². The molecule has 2 unspecified atom stereocenters. The second kappa shape index (κ2) is 4.41. The first-order valence-electron chi connectivity index (χ1n) is 6.88. The van der Waals surface area contributed by atoms with E-state index in [1.54, 1.807) is 0 Å². The number of hydrogen-bond acceptors (Lipinski definition) is 3. The number of aromatic nitrogens is 3. The van der Waals surface area contributed by atoms with Gasteiger partial charge in [-0.15, -0.1) is 10.2 Å². The summed E-state index contributed by atoms with van der Waals surface area (Å²) in [6.45, 7) is 4.64. The Morgan fingerprint density at radius 3 is 2.88 bits per heavy atom. The summed E-state index contributed by atoms with van der Waals surface area (Å²) in [5, 5.41) is 8.86. The topological polar surface area (TPSA) is 34.0 Å². The molecule has 94 valence electrons. The highest BCUT2D eigenvalue weighted by Gasteiger charge is 2.28. The fourth-order valence-electron chi connectivity index (χ4n) is 3.16. The summed E-state index contributed by atoms with van der Waals surface area (Å²) in [4.78, 5) is 2.44. The minimum absolute atomic E-state index is 0.496. The molecule has 0 spiro atoms. The van der Waals surface area contributed by atoms with E-state index in [0.29, 0.717) is 6.04 Å². The molecule has 3 heterocycles. The number of likely N-dealkylation sites (tertiary alicyclic amines) is 1. The Bertz CT molecular complexity index is 398. The van der Waals surface area contributed by atoms with Crippen molar-refractivity contribution in [3.05, 3.63) is 11.6 Å². The third kappa shape index (κ3) is 1.99. The highest BCUT2D eigenvalue weighted by molar-refractivity contribution is 5.05. The third-order valence-corrected chi connectivity index (χ3v) is 4.28. The Morgan fingerprint density at radius 2 is 2.06 bits per heavy atom. The van der Waals surface area contributed by atoms with Gasteiger partial charge in [0.2, 0.25) is 0 Å². The van der Waals surface area contributed by atoms with Crippen LogP contribution in [0.2, 0.25) is 0 Å². The average Bonchev–Trinajstić information content (AvgIpc) is 2.72. The largest absolute Gasteiger partial charge is 0.313 e. The second-order valence-corrected chi connectivity index (χ2v) is 5.72. The number of rotatable bonds is 1. The van der Waals surface area contributed by atoms with Gasteiger partial charge in [0.05, 0.1) is 6.04 Å². The van der Waals surface area contributed by atoms with Gasteiger partial charge in [0, 0.05) is 13.0 Å². The molecule has 4 nitrogen and oxygen atoms in total. The standard InChI is InChI=1S/C13H22N4/c1-10-6-7-12-14-15-13(17(12)9-10)11-5-3-4-8-16(11)2/h10-11H,3-9H2,1-2H3. The van der Waals surface area contributed by atoms with Crippen LogP contribution in [0.5, 0.6) is 0 Å². The van der Waals surface area contributed by atoms with Gasteiger partial charge in [0.15, 0.2) is 0 Å². The average molecular weight is 234 g/mol. The Hall–Kier alpha value is -0.900. The molecule has 2 aliphatic heterocycles. The number of fused-ring (bicyclic) bond motifs is 1. The molecule has 0 N–H and O–H groups in total. The summed E-state index contributed by atoms with van der Waals surface area (Å²) in [6.07, 6.45) is 6.25. The third-order valence-electron chi connectivity index (χ3n) is 4.28. The maximum Gasteiger partial charge on any atom is 0.150 e. The molecular formula is C13H22N4. The highest BCUT2D eigenvalue weighted by Crippen LogP contribution is 2.30. The van der Waals surface area contributed by atoms with Crippen molar-refractivity contribution in [1.82, 2.24) is 19.7 Å². The van der Waals surface area contributed by atoms with E-state index in [4.69, 9.17) is 0 Å². The van der Waals surface area contributed by atoms with Gasteiger partial charge in [-0.1, -0.05) is 13.3 Å². The lowest BCUT2D eigenvalue weighted by Gasteiger charge is -2.33. The molecule has 2 atom stereocenters. The summed E-state index contributed by atoms with van der Waals surface area (Å²) in [6, 6.07) is 0.496. The van der Waals surface area contributed by atoms with Gasteiger partial charge in [0.25, 0.3) is 0 Å². The lowest BCUT2D eigenvalue weighted by Crippen LogP contribution is -2.32. The zero-order valence-corrected chi connectivity index (χ0v) is 10.9. The van der Waals surface area contributed by atoms with Crippen molar-refractivity contribution in [2.75, 3.05) is 13.6 Å². The van der Waals surface area contributed by atoms with E-state index in [2.05, 4.69) is 33.6 Å². The van der Waals surface area contributed by atoms with Crippen LogP contribution in [-0.2, 0) is 13.0 Å². The van der Waals surface area contributed by atoms with Gasteiger partial charge in [-0.05, 0) is 38.8 Å². The molecule has 4 heteroatoms. The quantitative estimate of drug-likeness (QED) is 0.745. The van der Waals surface area contributed by atoms with Gasteiger partial charge in [-0.3, -0.25) is 4.90 Å². The summed E-state index contributed by atoms with van der Waals surface area (Å²) < 4.78 is 2.39. The van der Waals surface area contributed by atoms with E-state index in [1.165, 1.54) is 43.9 Å². The van der Waals surface area contributed by atoms with Crippen LogP contribution in [0.4, 0.5) is 0 Å². The van der Waals surface area contributed by atoms with Gasteiger partial charge in [-0.25, -0.2) is 0 Å². The first-order chi connectivity index (χ1) is 8.25. The van der Waals surface area contributed by atoms with Crippen molar-refractivity contribution >= 4 is 0 Å². The lowest BCUT2D eigenvalue weighted by atomic mass is 9.99. The van der Waals surface area contributed by atoms with E-state index < -0.39 is 0 Å². The normalized spacial score (nSPS) is 30.2. The summed E-state index contributed by atoms with van der Waals surface area (Å²) in [7, 11) is 2.22. The van der Waals surface area contributed by atoms with Crippen molar-refractivity contribution < 1.29 is 0 Å². The molecule has 0 aromatic carbocycles. The smallest absolute Gasteiger partial charge is 0.150 e. The van der Waals surface area contributed by atoms with Crippen LogP contribution in [0, 0.1) is 5.92 Å². The molecule has 17 heavy (non-hydrogen) atoms. The van der Waals surface area contributed by atoms with Crippen molar-refractivity contribution in [3.8, 4) is 0 Å². The van der Waals surface area contributed by atoms with E-state index in [0.717, 1.165) is 18.9 Å². The predicted octanol–water partition coefficient (Wildman–Crippen LogP) is 2.02. The monoisotopic (exact) mass is 234 g/mol. The lowest BCUT2D eigenvalue weighted by molar-refractivity contribution is 0.172. The molecule has 1 aromatic rings. The van der Waals surface area contributed by atoms with Crippen LogP contribution in [0.1, 0.15) is 50.3 Å². The molecule has 3 rings (SSSR count). The van der Waals surface area contributed by atoms with Gasteiger partial charge >= 0.3 is 0 Å². The maximum atomic E-state index is 4.48. The molecule has 0 bridgehead atoms. The molecule has 0 saturated carbocycles. The zero-order chi connectivity index (χ0) is 11.8. The molecule has 0 aliphatic carbocycles. The molecule has 2 aliphatic rings. The van der Waals surface area contributed by atoms with Gasteiger partial charge < -0.3 is 4.57 Å². The number of hydrogen-bond donors (Lipinski definition) is 0. The second-order valence-electron chi connectivity index (χ2n) is 5.72. The van der Waals surface area contributed by atoms with Crippen molar-refractivity contribution in [3.63, 3.8) is 0 Å². The number of nitrogens with zero attached hydrogens (tertiary/aromatic N) is 4. The first kappa shape index (κ1) is 11.2. The van der Waals surface area contributed by atoms with Crippen LogP contribution in [0.15, 0.2) is 0 Å². The first-order valence-corrected chi connectivity index (χ1v) is 6.88. The van der Waals surface area contributed by atoms with E-state index in [-0.39, 0.29) is 0 Å². The molecule has 1 fully saturated rings. The van der Waals surface area contributed by atoms with Crippen molar-refractivity contribution in [2.45, 2.75) is 51.6 Å². The van der Waals surface area contributed by atoms with Crippen LogP contribution in [0.25, 0.3) is 0 Å². The fraction of sp³-hybridized carbons (Fsp3) is 0.846. The zero-order valence-electron chi connectivity index (χ0n) is 10.9. The minimum Gasteiger partial charge on any atom is -0.313 e. The van der Waals surface area contributed by atoms with E-state index >= 15 is 0 Å². The summed E-state index contributed by atoms with van der Waals surface area (Å²) >= 11 is 0. The predicted molar refractivity (Wildman–Crippen MR) is 66.7 cm³/mol. The van der Waals surface area contributed by atoms with Crippen LogP contribution < -0.4 is 0 Å².